The SMILES string of the molecule is C[C@@H]1CCCC=C1O[Si](C)(C)C. The summed E-state index contributed by atoms with van der Waals surface area (Å²) in [6.45, 7) is 9.00. The van der Waals surface area contributed by atoms with Crippen molar-refractivity contribution in [1.82, 2.24) is 0 Å². The molecule has 0 saturated carbocycles. The van der Waals surface area contributed by atoms with Crippen molar-refractivity contribution < 1.29 is 4.43 Å². The summed E-state index contributed by atoms with van der Waals surface area (Å²) in [5.41, 5.74) is 0. The van der Waals surface area contributed by atoms with Crippen LogP contribution >= 0.6 is 0 Å². The van der Waals surface area contributed by atoms with E-state index in [9.17, 15) is 0 Å². The first kappa shape index (κ1) is 9.84. The van der Waals surface area contributed by atoms with E-state index in [4.69, 9.17) is 4.43 Å². The summed E-state index contributed by atoms with van der Waals surface area (Å²) in [6, 6.07) is 0. The van der Waals surface area contributed by atoms with Gasteiger partial charge in [-0.05, 0) is 45.0 Å². The molecule has 0 aromatic heterocycles. The van der Waals surface area contributed by atoms with Gasteiger partial charge >= 0.3 is 0 Å². The molecule has 12 heavy (non-hydrogen) atoms. The lowest BCUT2D eigenvalue weighted by Crippen LogP contribution is -2.27. The topological polar surface area (TPSA) is 9.23 Å². The zero-order valence-electron chi connectivity index (χ0n) is 8.68. The standard InChI is InChI=1S/C10H20OSi/c1-9-7-5-6-8-10(9)11-12(2,3)4/h8-9H,5-7H2,1-4H3/t9-/m1/s1. The molecule has 0 aliphatic heterocycles. The lowest BCUT2D eigenvalue weighted by molar-refractivity contribution is 0.324. The Kier molecular flexibility index (Phi) is 2.99. The van der Waals surface area contributed by atoms with Crippen LogP contribution in [0.3, 0.4) is 0 Å². The summed E-state index contributed by atoms with van der Waals surface area (Å²) in [4.78, 5) is 0. The zero-order valence-corrected chi connectivity index (χ0v) is 9.68. The van der Waals surface area contributed by atoms with Crippen LogP contribution in [0.5, 0.6) is 0 Å². The first-order chi connectivity index (χ1) is 5.49. The van der Waals surface area contributed by atoms with Gasteiger partial charge in [0, 0.05) is 5.92 Å². The molecule has 0 aromatic rings. The number of rotatable bonds is 2. The van der Waals surface area contributed by atoms with E-state index in [1.807, 2.05) is 0 Å². The van der Waals surface area contributed by atoms with Gasteiger partial charge in [0.2, 0.25) is 8.32 Å². The molecule has 0 aromatic carbocycles. The minimum Gasteiger partial charge on any atom is -0.547 e. The maximum absolute atomic E-state index is 5.99. The lowest BCUT2D eigenvalue weighted by Gasteiger charge is -2.28. The van der Waals surface area contributed by atoms with Gasteiger partial charge in [-0.1, -0.05) is 6.92 Å². The van der Waals surface area contributed by atoms with Gasteiger partial charge in [0.05, 0.1) is 5.76 Å². The number of allylic oxidation sites excluding steroid dienone is 2. The fraction of sp³-hybridized carbons (Fsp3) is 0.800. The van der Waals surface area contributed by atoms with Crippen molar-refractivity contribution in [3.05, 3.63) is 11.8 Å². The Morgan fingerprint density at radius 2 is 2.08 bits per heavy atom. The van der Waals surface area contributed by atoms with Crippen molar-refractivity contribution in [2.75, 3.05) is 0 Å². The molecule has 0 unspecified atom stereocenters. The van der Waals surface area contributed by atoms with Crippen LogP contribution in [0.25, 0.3) is 0 Å². The molecular formula is C10H20OSi. The summed E-state index contributed by atoms with van der Waals surface area (Å²) in [7, 11) is -1.35. The normalized spacial score (nSPS) is 25.0. The molecule has 1 nitrogen and oxygen atoms in total. The van der Waals surface area contributed by atoms with E-state index in [2.05, 4.69) is 32.6 Å². The van der Waals surface area contributed by atoms with Gasteiger partial charge in [0.1, 0.15) is 0 Å². The van der Waals surface area contributed by atoms with Gasteiger partial charge in [-0.2, -0.15) is 0 Å². The number of hydrogen-bond donors (Lipinski definition) is 0. The highest BCUT2D eigenvalue weighted by molar-refractivity contribution is 6.70. The van der Waals surface area contributed by atoms with Gasteiger partial charge in [-0.3, -0.25) is 0 Å². The first-order valence-corrected chi connectivity index (χ1v) is 8.29. The van der Waals surface area contributed by atoms with Gasteiger partial charge in [-0.15, -0.1) is 0 Å². The summed E-state index contributed by atoms with van der Waals surface area (Å²) >= 11 is 0. The predicted molar refractivity (Wildman–Crippen MR) is 55.5 cm³/mol. The fourth-order valence-corrected chi connectivity index (χ4v) is 2.50. The minimum absolute atomic E-state index is 0.658. The molecule has 1 aliphatic carbocycles. The highest BCUT2D eigenvalue weighted by Crippen LogP contribution is 2.27. The molecule has 0 saturated heterocycles. The maximum Gasteiger partial charge on any atom is 0.241 e. The van der Waals surface area contributed by atoms with Crippen molar-refractivity contribution in [1.29, 1.82) is 0 Å². The summed E-state index contributed by atoms with van der Waals surface area (Å²) in [5, 5.41) is 0. The van der Waals surface area contributed by atoms with Crippen LogP contribution in [0.2, 0.25) is 19.6 Å². The number of hydrogen-bond acceptors (Lipinski definition) is 1. The van der Waals surface area contributed by atoms with Crippen LogP contribution in [0, 0.1) is 5.92 Å². The molecule has 0 bridgehead atoms. The Labute approximate surface area is 76.9 Å². The third-order valence-electron chi connectivity index (χ3n) is 2.10. The molecule has 0 heterocycles. The van der Waals surface area contributed by atoms with Gasteiger partial charge in [0.25, 0.3) is 0 Å². The van der Waals surface area contributed by atoms with Crippen LogP contribution in [0.4, 0.5) is 0 Å². The van der Waals surface area contributed by atoms with E-state index in [1.54, 1.807) is 0 Å². The highest BCUT2D eigenvalue weighted by Gasteiger charge is 2.22. The Bertz CT molecular complexity index is 179. The monoisotopic (exact) mass is 184 g/mol. The second-order valence-corrected chi connectivity index (χ2v) is 9.08. The fourth-order valence-electron chi connectivity index (χ4n) is 1.51. The summed E-state index contributed by atoms with van der Waals surface area (Å²) in [5.74, 6) is 1.92. The average molecular weight is 184 g/mol. The van der Waals surface area contributed by atoms with Crippen LogP contribution in [-0.4, -0.2) is 8.32 Å². The second-order valence-electron chi connectivity index (χ2n) is 4.65. The Balaban J connectivity index is 2.55. The van der Waals surface area contributed by atoms with Crippen molar-refractivity contribution >= 4 is 8.32 Å². The van der Waals surface area contributed by atoms with E-state index >= 15 is 0 Å². The Hall–Kier alpha value is -0.243. The molecule has 1 atom stereocenters. The first-order valence-electron chi connectivity index (χ1n) is 4.88. The van der Waals surface area contributed by atoms with Crippen LogP contribution in [0.15, 0.2) is 11.8 Å². The highest BCUT2D eigenvalue weighted by atomic mass is 28.4. The summed E-state index contributed by atoms with van der Waals surface area (Å²) in [6.07, 6.45) is 6.13. The molecule has 70 valence electrons. The van der Waals surface area contributed by atoms with Crippen LogP contribution in [-0.2, 0) is 4.43 Å². The van der Waals surface area contributed by atoms with E-state index in [1.165, 1.54) is 25.0 Å². The van der Waals surface area contributed by atoms with Crippen LogP contribution < -0.4 is 0 Å². The zero-order chi connectivity index (χ0) is 9.19. The Morgan fingerprint density at radius 1 is 1.42 bits per heavy atom. The molecule has 1 aliphatic rings. The largest absolute Gasteiger partial charge is 0.547 e. The van der Waals surface area contributed by atoms with E-state index < -0.39 is 8.32 Å². The molecular weight excluding hydrogens is 164 g/mol. The molecule has 0 spiro atoms. The smallest absolute Gasteiger partial charge is 0.241 e. The van der Waals surface area contributed by atoms with E-state index in [0.717, 1.165) is 0 Å². The quantitative estimate of drug-likeness (QED) is 0.596. The molecule has 0 amide bonds. The average Bonchev–Trinajstić information content (AvgIpc) is 1.91. The lowest BCUT2D eigenvalue weighted by atomic mass is 9.96. The van der Waals surface area contributed by atoms with Crippen molar-refractivity contribution in [2.24, 2.45) is 5.92 Å². The second kappa shape index (κ2) is 3.65. The van der Waals surface area contributed by atoms with Gasteiger partial charge in [0.15, 0.2) is 0 Å². The third kappa shape index (κ3) is 3.01. The molecule has 1 rings (SSSR count). The Morgan fingerprint density at radius 3 is 2.58 bits per heavy atom. The summed E-state index contributed by atoms with van der Waals surface area (Å²) < 4.78 is 5.99. The molecule has 0 N–H and O–H groups in total. The minimum atomic E-state index is -1.35. The van der Waals surface area contributed by atoms with E-state index in [0.29, 0.717) is 5.92 Å². The molecule has 2 heteroatoms. The molecule has 0 fully saturated rings. The van der Waals surface area contributed by atoms with Crippen molar-refractivity contribution in [2.45, 2.75) is 45.8 Å². The van der Waals surface area contributed by atoms with Gasteiger partial charge in [-0.25, -0.2) is 0 Å². The van der Waals surface area contributed by atoms with Gasteiger partial charge < -0.3 is 4.43 Å². The van der Waals surface area contributed by atoms with Crippen LogP contribution in [0.1, 0.15) is 26.2 Å². The maximum atomic E-state index is 5.99. The van der Waals surface area contributed by atoms with Crippen molar-refractivity contribution in [3.63, 3.8) is 0 Å². The third-order valence-corrected chi connectivity index (χ3v) is 2.94. The molecule has 0 radical (unpaired) electrons. The predicted octanol–water partition coefficient (Wildman–Crippen LogP) is 3.54. The van der Waals surface area contributed by atoms with E-state index in [-0.39, 0.29) is 0 Å². The van der Waals surface area contributed by atoms with Crippen molar-refractivity contribution in [3.8, 4) is 0 Å².